The van der Waals surface area contributed by atoms with Gasteiger partial charge in [-0.05, 0) is 45.8 Å². The molecular formula is C16H10Br2FNS. The van der Waals surface area contributed by atoms with Crippen LogP contribution in [0.15, 0.2) is 52.3 Å². The van der Waals surface area contributed by atoms with Crippen LogP contribution in [0.5, 0.6) is 0 Å². The molecule has 0 amide bonds. The zero-order chi connectivity index (χ0) is 14.8. The average molecular weight is 427 g/mol. The van der Waals surface area contributed by atoms with Gasteiger partial charge in [-0.1, -0.05) is 40.2 Å². The zero-order valence-electron chi connectivity index (χ0n) is 10.8. The number of rotatable bonds is 3. The summed E-state index contributed by atoms with van der Waals surface area (Å²) in [5, 5.41) is 1.72. The lowest BCUT2D eigenvalue weighted by atomic mass is 10.1. The summed E-state index contributed by atoms with van der Waals surface area (Å²) in [6.45, 7) is 0. The number of aromatic nitrogens is 1. The molecule has 0 aliphatic rings. The summed E-state index contributed by atoms with van der Waals surface area (Å²) in [4.78, 5) is 4.67. The van der Waals surface area contributed by atoms with E-state index >= 15 is 0 Å². The van der Waals surface area contributed by atoms with Gasteiger partial charge in [0.25, 0.3) is 0 Å². The van der Waals surface area contributed by atoms with Gasteiger partial charge in [0.1, 0.15) is 10.8 Å². The van der Waals surface area contributed by atoms with Crippen LogP contribution in [-0.2, 0) is 5.33 Å². The summed E-state index contributed by atoms with van der Waals surface area (Å²) in [6.07, 6.45) is 0. The van der Waals surface area contributed by atoms with Gasteiger partial charge in [-0.15, -0.1) is 11.3 Å². The Labute approximate surface area is 143 Å². The van der Waals surface area contributed by atoms with Gasteiger partial charge in [0.05, 0.1) is 9.48 Å². The summed E-state index contributed by atoms with van der Waals surface area (Å²) in [5.74, 6) is -0.236. The van der Waals surface area contributed by atoms with Crippen LogP contribution in [0.3, 0.4) is 0 Å². The van der Waals surface area contributed by atoms with Crippen molar-refractivity contribution in [3.8, 4) is 21.8 Å². The summed E-state index contributed by atoms with van der Waals surface area (Å²) in [7, 11) is 0. The highest BCUT2D eigenvalue weighted by Gasteiger charge is 2.12. The maximum Gasteiger partial charge on any atom is 0.125 e. The minimum atomic E-state index is -0.236. The van der Waals surface area contributed by atoms with Crippen molar-refractivity contribution in [1.29, 1.82) is 0 Å². The number of hydrogen-bond acceptors (Lipinski definition) is 2. The third kappa shape index (κ3) is 3.25. The van der Waals surface area contributed by atoms with Crippen LogP contribution in [0.1, 0.15) is 5.56 Å². The van der Waals surface area contributed by atoms with Gasteiger partial charge < -0.3 is 0 Å². The topological polar surface area (TPSA) is 12.9 Å². The van der Waals surface area contributed by atoms with E-state index in [0.717, 1.165) is 30.9 Å². The average Bonchev–Trinajstić information content (AvgIpc) is 2.90. The first-order valence-corrected chi connectivity index (χ1v) is 8.98. The van der Waals surface area contributed by atoms with Crippen molar-refractivity contribution >= 4 is 43.2 Å². The fourth-order valence-corrected chi connectivity index (χ4v) is 3.92. The van der Waals surface area contributed by atoms with Gasteiger partial charge >= 0.3 is 0 Å². The van der Waals surface area contributed by atoms with Gasteiger partial charge in [0, 0.05) is 16.5 Å². The molecule has 0 fully saturated rings. The van der Waals surface area contributed by atoms with E-state index in [1.54, 1.807) is 23.5 Å². The third-order valence-corrected chi connectivity index (χ3v) is 5.46. The van der Waals surface area contributed by atoms with Crippen LogP contribution in [0, 0.1) is 5.82 Å². The van der Waals surface area contributed by atoms with Crippen LogP contribution < -0.4 is 0 Å². The second-order valence-electron chi connectivity index (χ2n) is 4.48. The lowest BCUT2D eigenvalue weighted by molar-refractivity contribution is 0.628. The fraction of sp³-hybridized carbons (Fsp3) is 0.0625. The van der Waals surface area contributed by atoms with E-state index in [4.69, 9.17) is 0 Å². The number of benzene rings is 2. The van der Waals surface area contributed by atoms with E-state index in [0.29, 0.717) is 0 Å². The molecule has 0 aliphatic carbocycles. The van der Waals surface area contributed by atoms with E-state index in [1.165, 1.54) is 17.7 Å². The lowest BCUT2D eigenvalue weighted by Crippen LogP contribution is -1.82. The van der Waals surface area contributed by atoms with E-state index in [2.05, 4.69) is 61.1 Å². The van der Waals surface area contributed by atoms with E-state index in [-0.39, 0.29) is 5.82 Å². The smallest absolute Gasteiger partial charge is 0.125 e. The normalized spacial score (nSPS) is 10.8. The SMILES string of the molecule is Fc1ccc(-c2nc(-c3ccc(CBr)cc3)c(Br)s2)cc1. The summed E-state index contributed by atoms with van der Waals surface area (Å²) < 4.78 is 14.0. The molecule has 3 aromatic rings. The third-order valence-electron chi connectivity index (χ3n) is 3.06. The van der Waals surface area contributed by atoms with Crippen LogP contribution in [-0.4, -0.2) is 4.98 Å². The van der Waals surface area contributed by atoms with Crippen molar-refractivity contribution in [2.45, 2.75) is 5.33 Å². The summed E-state index contributed by atoms with van der Waals surface area (Å²) >= 11 is 8.57. The van der Waals surface area contributed by atoms with Gasteiger partial charge in [0.15, 0.2) is 0 Å². The van der Waals surface area contributed by atoms with E-state index in [9.17, 15) is 4.39 Å². The Morgan fingerprint density at radius 3 is 2.19 bits per heavy atom. The Kier molecular flexibility index (Phi) is 4.52. The lowest BCUT2D eigenvalue weighted by Gasteiger charge is -2.00. The maximum atomic E-state index is 13.0. The monoisotopic (exact) mass is 425 g/mol. The van der Waals surface area contributed by atoms with Gasteiger partial charge in [-0.3, -0.25) is 0 Å². The molecule has 3 rings (SSSR count). The molecule has 5 heteroatoms. The molecule has 0 spiro atoms. The Balaban J connectivity index is 1.98. The van der Waals surface area contributed by atoms with E-state index < -0.39 is 0 Å². The first kappa shape index (κ1) is 14.9. The summed E-state index contributed by atoms with van der Waals surface area (Å²) in [5.41, 5.74) is 4.13. The van der Waals surface area contributed by atoms with Gasteiger partial charge in [-0.2, -0.15) is 0 Å². The molecule has 1 nitrogen and oxygen atoms in total. The Bertz CT molecular complexity index is 751. The van der Waals surface area contributed by atoms with Crippen molar-refractivity contribution < 1.29 is 4.39 Å². The number of thiazole rings is 1. The Morgan fingerprint density at radius 1 is 0.952 bits per heavy atom. The molecule has 2 aromatic carbocycles. The molecule has 106 valence electrons. The minimum absolute atomic E-state index is 0.236. The first-order chi connectivity index (χ1) is 10.2. The molecule has 1 heterocycles. The van der Waals surface area contributed by atoms with Crippen LogP contribution in [0.25, 0.3) is 21.8 Å². The molecule has 0 saturated carbocycles. The molecule has 21 heavy (non-hydrogen) atoms. The Morgan fingerprint density at radius 2 is 1.57 bits per heavy atom. The highest BCUT2D eigenvalue weighted by molar-refractivity contribution is 9.11. The molecule has 0 bridgehead atoms. The second kappa shape index (κ2) is 6.38. The predicted octanol–water partition coefficient (Wildman–Crippen LogP) is 6.27. The standard InChI is InChI=1S/C16H10Br2FNS/c17-9-10-1-3-11(4-2-10)14-15(18)21-16(20-14)12-5-7-13(19)8-6-12/h1-8H,9H2. The summed E-state index contributed by atoms with van der Waals surface area (Å²) in [6, 6.07) is 14.7. The van der Waals surface area contributed by atoms with Gasteiger partial charge in [-0.25, -0.2) is 9.37 Å². The van der Waals surface area contributed by atoms with Crippen LogP contribution >= 0.6 is 43.2 Å². The number of alkyl halides is 1. The molecule has 0 atom stereocenters. The van der Waals surface area contributed by atoms with Gasteiger partial charge in [0.2, 0.25) is 0 Å². The zero-order valence-corrected chi connectivity index (χ0v) is 14.8. The molecule has 0 N–H and O–H groups in total. The minimum Gasteiger partial charge on any atom is -0.235 e. The van der Waals surface area contributed by atoms with Crippen LogP contribution in [0.4, 0.5) is 4.39 Å². The molecule has 0 unspecified atom stereocenters. The largest absolute Gasteiger partial charge is 0.235 e. The van der Waals surface area contributed by atoms with Crippen molar-refractivity contribution in [3.05, 3.63) is 63.7 Å². The Hall–Kier alpha value is -1.04. The van der Waals surface area contributed by atoms with Crippen LogP contribution in [0.2, 0.25) is 0 Å². The quantitative estimate of drug-likeness (QED) is 0.449. The highest BCUT2D eigenvalue weighted by atomic mass is 79.9. The highest BCUT2D eigenvalue weighted by Crippen LogP contribution is 2.37. The molecule has 0 aliphatic heterocycles. The van der Waals surface area contributed by atoms with E-state index in [1.807, 2.05) is 0 Å². The van der Waals surface area contributed by atoms with Crippen molar-refractivity contribution in [2.24, 2.45) is 0 Å². The number of halogens is 3. The van der Waals surface area contributed by atoms with Crippen molar-refractivity contribution in [2.75, 3.05) is 0 Å². The second-order valence-corrected chi connectivity index (χ2v) is 7.36. The number of hydrogen-bond donors (Lipinski definition) is 0. The first-order valence-electron chi connectivity index (χ1n) is 6.25. The molecular weight excluding hydrogens is 417 g/mol. The molecule has 0 radical (unpaired) electrons. The number of nitrogens with zero attached hydrogens (tertiary/aromatic N) is 1. The predicted molar refractivity (Wildman–Crippen MR) is 93.3 cm³/mol. The molecule has 0 saturated heterocycles. The van der Waals surface area contributed by atoms with Crippen molar-refractivity contribution in [3.63, 3.8) is 0 Å². The van der Waals surface area contributed by atoms with Crippen molar-refractivity contribution in [1.82, 2.24) is 4.98 Å². The molecule has 1 aromatic heterocycles. The maximum absolute atomic E-state index is 13.0. The fourth-order valence-electron chi connectivity index (χ4n) is 1.95.